The maximum Gasteiger partial charge on any atom is 0.119 e. The summed E-state index contributed by atoms with van der Waals surface area (Å²) in [7, 11) is 0. The van der Waals surface area contributed by atoms with Crippen LogP contribution in [0.4, 0.5) is 0 Å². The van der Waals surface area contributed by atoms with Gasteiger partial charge < -0.3 is 10.5 Å². The van der Waals surface area contributed by atoms with Crippen molar-refractivity contribution in [1.29, 1.82) is 0 Å². The molecule has 0 aromatic heterocycles. The second kappa shape index (κ2) is 4.88. The first-order chi connectivity index (χ1) is 7.70. The van der Waals surface area contributed by atoms with Gasteiger partial charge in [0.25, 0.3) is 0 Å². The molecule has 2 heteroatoms. The Labute approximate surface area is 97.8 Å². The zero-order valence-corrected chi connectivity index (χ0v) is 10.1. The quantitative estimate of drug-likeness (QED) is 0.825. The Morgan fingerprint density at radius 2 is 1.94 bits per heavy atom. The van der Waals surface area contributed by atoms with Crippen molar-refractivity contribution in [3.05, 3.63) is 29.8 Å². The first-order valence-electron chi connectivity index (χ1n) is 6.23. The van der Waals surface area contributed by atoms with Gasteiger partial charge in [0.2, 0.25) is 0 Å². The van der Waals surface area contributed by atoms with Crippen LogP contribution in [-0.2, 0) is 0 Å². The number of hydrogen-bond donors (Lipinski definition) is 1. The van der Waals surface area contributed by atoms with Gasteiger partial charge in [-0.2, -0.15) is 0 Å². The molecular formula is C14H21NO. The van der Waals surface area contributed by atoms with E-state index >= 15 is 0 Å². The summed E-state index contributed by atoms with van der Waals surface area (Å²) < 4.78 is 5.71. The minimum Gasteiger partial charge on any atom is -0.490 e. The zero-order valence-electron chi connectivity index (χ0n) is 10.1. The highest BCUT2D eigenvalue weighted by atomic mass is 16.5. The van der Waals surface area contributed by atoms with Gasteiger partial charge in [-0.3, -0.25) is 0 Å². The molecule has 0 aliphatic heterocycles. The Morgan fingerprint density at radius 1 is 1.31 bits per heavy atom. The Morgan fingerprint density at radius 3 is 2.44 bits per heavy atom. The summed E-state index contributed by atoms with van der Waals surface area (Å²) in [5.74, 6) is 1.50. The van der Waals surface area contributed by atoms with Gasteiger partial charge in [-0.05, 0) is 36.5 Å². The van der Waals surface area contributed by atoms with Crippen LogP contribution in [-0.4, -0.2) is 6.10 Å². The van der Waals surface area contributed by atoms with Crippen LogP contribution in [0.3, 0.4) is 0 Å². The van der Waals surface area contributed by atoms with Crippen molar-refractivity contribution in [3.8, 4) is 5.75 Å². The van der Waals surface area contributed by atoms with Crippen molar-refractivity contribution < 1.29 is 4.74 Å². The van der Waals surface area contributed by atoms with Crippen molar-refractivity contribution in [2.75, 3.05) is 0 Å². The standard InChI is InChI=1S/C14H21NO/c1-3-10(2)14(15)11-4-6-12(7-5-11)16-13-8-9-13/h4-7,10,13-14H,3,8-9,15H2,1-2H3. The molecule has 2 rings (SSSR count). The molecule has 1 aliphatic rings. The minimum absolute atomic E-state index is 0.139. The summed E-state index contributed by atoms with van der Waals surface area (Å²) in [4.78, 5) is 0. The van der Waals surface area contributed by atoms with Gasteiger partial charge in [0, 0.05) is 6.04 Å². The Kier molecular flexibility index (Phi) is 3.49. The Bertz CT molecular complexity index is 329. The highest BCUT2D eigenvalue weighted by molar-refractivity contribution is 5.29. The van der Waals surface area contributed by atoms with Crippen LogP contribution in [0.5, 0.6) is 5.75 Å². The molecule has 2 atom stereocenters. The van der Waals surface area contributed by atoms with Gasteiger partial charge >= 0.3 is 0 Å². The lowest BCUT2D eigenvalue weighted by Gasteiger charge is -2.18. The molecule has 0 spiro atoms. The Balaban J connectivity index is 1.99. The van der Waals surface area contributed by atoms with Gasteiger partial charge in [0.1, 0.15) is 5.75 Å². The van der Waals surface area contributed by atoms with Crippen LogP contribution in [0, 0.1) is 5.92 Å². The normalized spacial score (nSPS) is 19.2. The van der Waals surface area contributed by atoms with E-state index in [0.717, 1.165) is 12.2 Å². The van der Waals surface area contributed by atoms with Crippen molar-refractivity contribution in [1.82, 2.24) is 0 Å². The average Bonchev–Trinajstić information content (AvgIpc) is 3.12. The molecule has 0 heterocycles. The first-order valence-corrected chi connectivity index (χ1v) is 6.23. The maximum absolute atomic E-state index is 6.17. The van der Waals surface area contributed by atoms with Crippen LogP contribution in [0.1, 0.15) is 44.7 Å². The smallest absolute Gasteiger partial charge is 0.119 e. The summed E-state index contributed by atoms with van der Waals surface area (Å²) >= 11 is 0. The highest BCUT2D eigenvalue weighted by Crippen LogP contribution is 2.28. The van der Waals surface area contributed by atoms with Gasteiger partial charge in [-0.1, -0.05) is 32.4 Å². The molecule has 1 aliphatic carbocycles. The van der Waals surface area contributed by atoms with Crippen LogP contribution in [0.2, 0.25) is 0 Å². The van der Waals surface area contributed by atoms with E-state index in [9.17, 15) is 0 Å². The van der Waals surface area contributed by atoms with Gasteiger partial charge in [0.05, 0.1) is 6.10 Å². The van der Waals surface area contributed by atoms with Crippen molar-refractivity contribution >= 4 is 0 Å². The lowest BCUT2D eigenvalue weighted by Crippen LogP contribution is -2.18. The lowest BCUT2D eigenvalue weighted by atomic mass is 9.93. The molecule has 1 saturated carbocycles. The molecule has 2 unspecified atom stereocenters. The molecule has 2 nitrogen and oxygen atoms in total. The fourth-order valence-corrected chi connectivity index (χ4v) is 1.73. The highest BCUT2D eigenvalue weighted by Gasteiger charge is 2.23. The summed E-state index contributed by atoms with van der Waals surface area (Å²) in [6.45, 7) is 4.37. The van der Waals surface area contributed by atoms with E-state index in [2.05, 4.69) is 26.0 Å². The number of benzene rings is 1. The second-order valence-electron chi connectivity index (χ2n) is 4.80. The van der Waals surface area contributed by atoms with Gasteiger partial charge in [-0.25, -0.2) is 0 Å². The van der Waals surface area contributed by atoms with E-state index in [-0.39, 0.29) is 6.04 Å². The summed E-state index contributed by atoms with van der Waals surface area (Å²) in [5, 5.41) is 0. The average molecular weight is 219 g/mol. The van der Waals surface area contributed by atoms with Crippen molar-refractivity contribution in [2.45, 2.75) is 45.3 Å². The van der Waals surface area contributed by atoms with E-state index < -0.39 is 0 Å². The Hall–Kier alpha value is -1.02. The first kappa shape index (κ1) is 11.5. The molecule has 16 heavy (non-hydrogen) atoms. The fourth-order valence-electron chi connectivity index (χ4n) is 1.73. The molecule has 0 bridgehead atoms. The van der Waals surface area contributed by atoms with Gasteiger partial charge in [0.15, 0.2) is 0 Å². The third kappa shape index (κ3) is 2.76. The second-order valence-corrected chi connectivity index (χ2v) is 4.80. The summed E-state index contributed by atoms with van der Waals surface area (Å²) in [6, 6.07) is 8.40. The molecule has 2 N–H and O–H groups in total. The third-order valence-electron chi connectivity index (χ3n) is 3.35. The summed E-state index contributed by atoms with van der Waals surface area (Å²) in [5.41, 5.74) is 7.38. The summed E-state index contributed by atoms with van der Waals surface area (Å²) in [6.07, 6.45) is 3.98. The fraction of sp³-hybridized carbons (Fsp3) is 0.571. The molecular weight excluding hydrogens is 198 g/mol. The topological polar surface area (TPSA) is 35.2 Å². The van der Waals surface area contributed by atoms with Crippen molar-refractivity contribution in [3.63, 3.8) is 0 Å². The minimum atomic E-state index is 0.139. The predicted molar refractivity (Wildman–Crippen MR) is 66.5 cm³/mol. The predicted octanol–water partition coefficient (Wildman–Crippen LogP) is 3.27. The van der Waals surface area contributed by atoms with E-state index in [1.54, 1.807) is 0 Å². The third-order valence-corrected chi connectivity index (χ3v) is 3.35. The number of rotatable bonds is 5. The molecule has 1 fully saturated rings. The van der Waals surface area contributed by atoms with Gasteiger partial charge in [-0.15, -0.1) is 0 Å². The van der Waals surface area contributed by atoms with Crippen LogP contribution < -0.4 is 10.5 Å². The maximum atomic E-state index is 6.17. The number of ether oxygens (including phenoxy) is 1. The largest absolute Gasteiger partial charge is 0.490 e. The molecule has 1 aromatic rings. The monoisotopic (exact) mass is 219 g/mol. The SMILES string of the molecule is CCC(C)C(N)c1ccc(OC2CC2)cc1. The van der Waals surface area contributed by atoms with E-state index in [1.807, 2.05) is 12.1 Å². The number of nitrogens with two attached hydrogens (primary N) is 1. The van der Waals surface area contributed by atoms with Crippen LogP contribution >= 0.6 is 0 Å². The molecule has 0 radical (unpaired) electrons. The van der Waals surface area contributed by atoms with E-state index in [1.165, 1.54) is 18.4 Å². The van der Waals surface area contributed by atoms with E-state index in [4.69, 9.17) is 10.5 Å². The number of hydrogen-bond acceptors (Lipinski definition) is 2. The molecule has 0 amide bonds. The lowest BCUT2D eigenvalue weighted by molar-refractivity contribution is 0.303. The molecule has 0 saturated heterocycles. The molecule has 88 valence electrons. The molecule has 1 aromatic carbocycles. The van der Waals surface area contributed by atoms with Crippen LogP contribution in [0.15, 0.2) is 24.3 Å². The van der Waals surface area contributed by atoms with E-state index in [0.29, 0.717) is 12.0 Å². The zero-order chi connectivity index (χ0) is 11.5. The van der Waals surface area contributed by atoms with Crippen molar-refractivity contribution in [2.24, 2.45) is 11.7 Å². The van der Waals surface area contributed by atoms with Crippen LogP contribution in [0.25, 0.3) is 0 Å².